The normalized spacial score (nSPS) is 10.2. The summed E-state index contributed by atoms with van der Waals surface area (Å²) in [6.45, 7) is 3.83. The molecule has 0 aliphatic carbocycles. The number of carbonyl (C=O) groups is 1. The highest BCUT2D eigenvalue weighted by molar-refractivity contribution is 5.90. The maximum atomic E-state index is 11.3. The van der Waals surface area contributed by atoms with Crippen LogP contribution in [-0.2, 0) is 4.79 Å². The molecule has 88 valence electrons. The van der Waals surface area contributed by atoms with Gasteiger partial charge in [0.05, 0.1) is 6.26 Å². The molecule has 0 unspecified atom stereocenters. The average molecular weight is 229 g/mol. The minimum atomic E-state index is 0.0233. The van der Waals surface area contributed by atoms with Gasteiger partial charge < -0.3 is 9.73 Å². The highest BCUT2D eigenvalue weighted by atomic mass is 16.3. The molecular formula is C14H15NO2. The van der Waals surface area contributed by atoms with Gasteiger partial charge in [0.1, 0.15) is 5.76 Å². The van der Waals surface area contributed by atoms with Crippen LogP contribution in [0.1, 0.15) is 18.9 Å². The van der Waals surface area contributed by atoms with Crippen molar-refractivity contribution in [2.24, 2.45) is 0 Å². The summed E-state index contributed by atoms with van der Waals surface area (Å²) >= 11 is 0. The van der Waals surface area contributed by atoms with Gasteiger partial charge in [0.15, 0.2) is 0 Å². The SMILES string of the molecule is CCC(=O)Nc1ccc(-c2ccco2)c(C)c1. The van der Waals surface area contributed by atoms with Crippen molar-refractivity contribution in [3.05, 3.63) is 42.2 Å². The van der Waals surface area contributed by atoms with Crippen LogP contribution in [0.25, 0.3) is 11.3 Å². The van der Waals surface area contributed by atoms with E-state index >= 15 is 0 Å². The maximum absolute atomic E-state index is 11.3. The lowest BCUT2D eigenvalue weighted by Gasteiger charge is -2.07. The van der Waals surface area contributed by atoms with Crippen LogP contribution in [0.5, 0.6) is 0 Å². The predicted molar refractivity (Wildman–Crippen MR) is 67.8 cm³/mol. The Morgan fingerprint density at radius 3 is 2.76 bits per heavy atom. The number of furan rings is 1. The number of hydrogen-bond donors (Lipinski definition) is 1. The Balaban J connectivity index is 2.26. The summed E-state index contributed by atoms with van der Waals surface area (Å²) in [6.07, 6.45) is 2.14. The highest BCUT2D eigenvalue weighted by Crippen LogP contribution is 2.26. The minimum Gasteiger partial charge on any atom is -0.464 e. The molecule has 2 aromatic rings. The molecule has 0 fully saturated rings. The Kier molecular flexibility index (Phi) is 3.28. The van der Waals surface area contributed by atoms with E-state index in [4.69, 9.17) is 4.42 Å². The molecule has 0 radical (unpaired) electrons. The van der Waals surface area contributed by atoms with E-state index in [1.165, 1.54) is 0 Å². The maximum Gasteiger partial charge on any atom is 0.224 e. The fraction of sp³-hybridized carbons (Fsp3) is 0.214. The van der Waals surface area contributed by atoms with Crippen molar-refractivity contribution in [1.82, 2.24) is 0 Å². The Morgan fingerprint density at radius 1 is 1.35 bits per heavy atom. The molecule has 2 rings (SSSR count). The summed E-state index contributed by atoms with van der Waals surface area (Å²) in [5.74, 6) is 0.867. The van der Waals surface area contributed by atoms with Crippen LogP contribution in [0.4, 0.5) is 5.69 Å². The highest BCUT2D eigenvalue weighted by Gasteiger charge is 2.06. The molecule has 1 amide bonds. The third kappa shape index (κ3) is 2.56. The first-order chi connectivity index (χ1) is 8.20. The van der Waals surface area contributed by atoms with E-state index < -0.39 is 0 Å². The lowest BCUT2D eigenvalue weighted by molar-refractivity contribution is -0.115. The molecule has 0 saturated carbocycles. The zero-order valence-electron chi connectivity index (χ0n) is 9.99. The number of carbonyl (C=O) groups excluding carboxylic acids is 1. The van der Waals surface area contributed by atoms with Crippen molar-refractivity contribution < 1.29 is 9.21 Å². The third-order valence-electron chi connectivity index (χ3n) is 2.62. The molecule has 1 heterocycles. The molecule has 17 heavy (non-hydrogen) atoms. The molecule has 0 atom stereocenters. The van der Waals surface area contributed by atoms with Crippen LogP contribution in [0.3, 0.4) is 0 Å². The van der Waals surface area contributed by atoms with Gasteiger partial charge in [-0.05, 0) is 42.8 Å². The second-order valence-corrected chi connectivity index (χ2v) is 3.91. The van der Waals surface area contributed by atoms with Crippen LogP contribution in [-0.4, -0.2) is 5.91 Å². The molecule has 1 aromatic heterocycles. The first kappa shape index (κ1) is 11.5. The van der Waals surface area contributed by atoms with Crippen molar-refractivity contribution in [3.8, 4) is 11.3 Å². The van der Waals surface area contributed by atoms with Crippen LogP contribution in [0.15, 0.2) is 41.0 Å². The van der Waals surface area contributed by atoms with Gasteiger partial charge in [0.2, 0.25) is 5.91 Å². The van der Waals surface area contributed by atoms with Gasteiger partial charge in [-0.25, -0.2) is 0 Å². The van der Waals surface area contributed by atoms with E-state index in [9.17, 15) is 4.79 Å². The van der Waals surface area contributed by atoms with E-state index in [0.717, 1.165) is 22.6 Å². The topological polar surface area (TPSA) is 42.2 Å². The fourth-order valence-corrected chi connectivity index (χ4v) is 1.70. The van der Waals surface area contributed by atoms with Gasteiger partial charge >= 0.3 is 0 Å². The molecule has 3 heteroatoms. The Morgan fingerprint density at radius 2 is 2.18 bits per heavy atom. The lowest BCUT2D eigenvalue weighted by atomic mass is 10.1. The second-order valence-electron chi connectivity index (χ2n) is 3.91. The molecule has 1 N–H and O–H groups in total. The third-order valence-corrected chi connectivity index (χ3v) is 2.62. The molecule has 0 bridgehead atoms. The van der Waals surface area contributed by atoms with Crippen molar-refractivity contribution in [2.75, 3.05) is 5.32 Å². The quantitative estimate of drug-likeness (QED) is 0.873. The van der Waals surface area contributed by atoms with Crippen molar-refractivity contribution in [1.29, 1.82) is 0 Å². The van der Waals surface area contributed by atoms with E-state index in [1.807, 2.05) is 44.2 Å². The first-order valence-electron chi connectivity index (χ1n) is 5.65. The smallest absolute Gasteiger partial charge is 0.224 e. The molecular weight excluding hydrogens is 214 g/mol. The number of benzene rings is 1. The summed E-state index contributed by atoms with van der Waals surface area (Å²) in [7, 11) is 0. The number of rotatable bonds is 3. The van der Waals surface area contributed by atoms with E-state index in [2.05, 4.69) is 5.32 Å². The number of amides is 1. The summed E-state index contributed by atoms with van der Waals surface area (Å²) in [5.41, 5.74) is 2.95. The number of hydrogen-bond acceptors (Lipinski definition) is 2. The summed E-state index contributed by atoms with van der Waals surface area (Å²) < 4.78 is 5.36. The lowest BCUT2D eigenvalue weighted by Crippen LogP contribution is -2.09. The summed E-state index contributed by atoms with van der Waals surface area (Å²) in [6, 6.07) is 9.58. The summed E-state index contributed by atoms with van der Waals surface area (Å²) in [4.78, 5) is 11.3. The Labute approximate surface area is 100 Å². The van der Waals surface area contributed by atoms with Gasteiger partial charge in [-0.3, -0.25) is 4.79 Å². The predicted octanol–water partition coefficient (Wildman–Crippen LogP) is 3.60. The number of nitrogens with one attached hydrogen (secondary N) is 1. The summed E-state index contributed by atoms with van der Waals surface area (Å²) in [5, 5.41) is 2.84. The van der Waals surface area contributed by atoms with Gasteiger partial charge in [-0.2, -0.15) is 0 Å². The average Bonchev–Trinajstić information content (AvgIpc) is 2.82. The van der Waals surface area contributed by atoms with Crippen LogP contribution in [0.2, 0.25) is 0 Å². The van der Waals surface area contributed by atoms with Crippen LogP contribution < -0.4 is 5.32 Å². The van der Waals surface area contributed by atoms with Gasteiger partial charge in [-0.1, -0.05) is 6.92 Å². The van der Waals surface area contributed by atoms with Crippen molar-refractivity contribution in [2.45, 2.75) is 20.3 Å². The van der Waals surface area contributed by atoms with Gasteiger partial charge in [0, 0.05) is 17.7 Å². The Hall–Kier alpha value is -2.03. The minimum absolute atomic E-state index is 0.0233. The van der Waals surface area contributed by atoms with Crippen molar-refractivity contribution >= 4 is 11.6 Å². The molecule has 1 aromatic carbocycles. The van der Waals surface area contributed by atoms with Crippen LogP contribution in [0, 0.1) is 6.92 Å². The van der Waals surface area contributed by atoms with E-state index in [1.54, 1.807) is 6.26 Å². The fourth-order valence-electron chi connectivity index (χ4n) is 1.70. The zero-order chi connectivity index (χ0) is 12.3. The molecule has 0 saturated heterocycles. The number of anilines is 1. The van der Waals surface area contributed by atoms with Gasteiger partial charge in [-0.15, -0.1) is 0 Å². The second kappa shape index (κ2) is 4.87. The molecule has 0 spiro atoms. The molecule has 3 nitrogen and oxygen atoms in total. The Bertz CT molecular complexity index is 515. The standard InChI is InChI=1S/C14H15NO2/c1-3-14(16)15-11-6-7-12(10(2)9-11)13-5-4-8-17-13/h4-9H,3H2,1-2H3,(H,15,16). The van der Waals surface area contributed by atoms with Crippen LogP contribution >= 0.6 is 0 Å². The van der Waals surface area contributed by atoms with E-state index in [0.29, 0.717) is 6.42 Å². The first-order valence-corrected chi connectivity index (χ1v) is 5.65. The van der Waals surface area contributed by atoms with Gasteiger partial charge in [0.25, 0.3) is 0 Å². The zero-order valence-corrected chi connectivity index (χ0v) is 9.99. The molecule has 0 aliphatic rings. The molecule has 0 aliphatic heterocycles. The monoisotopic (exact) mass is 229 g/mol. The van der Waals surface area contributed by atoms with E-state index in [-0.39, 0.29) is 5.91 Å². The van der Waals surface area contributed by atoms with Crippen molar-refractivity contribution in [3.63, 3.8) is 0 Å². The largest absolute Gasteiger partial charge is 0.464 e. The number of aryl methyl sites for hydroxylation is 1.